The molecule has 204 valence electrons. The number of amides is 1. The summed E-state index contributed by atoms with van der Waals surface area (Å²) in [5.41, 5.74) is 6.32. The molecule has 0 radical (unpaired) electrons. The lowest BCUT2D eigenvalue weighted by Gasteiger charge is -2.39. The van der Waals surface area contributed by atoms with Crippen molar-refractivity contribution in [3.63, 3.8) is 0 Å². The van der Waals surface area contributed by atoms with Gasteiger partial charge >= 0.3 is 0 Å². The summed E-state index contributed by atoms with van der Waals surface area (Å²) >= 11 is 0. The van der Waals surface area contributed by atoms with E-state index in [1.807, 2.05) is 6.92 Å². The van der Waals surface area contributed by atoms with Crippen molar-refractivity contribution in [3.8, 4) is 0 Å². The first-order valence-corrected chi connectivity index (χ1v) is 14.4. The molecule has 1 amide bonds. The average molecular weight is 547 g/mol. The van der Waals surface area contributed by atoms with E-state index in [1.54, 1.807) is 13.0 Å². The monoisotopic (exact) mass is 546 g/mol. The Morgan fingerprint density at radius 1 is 1.16 bits per heavy atom. The normalized spacial score (nSPS) is 24.8. The largest absolute Gasteiger partial charge is 0.393 e. The summed E-state index contributed by atoms with van der Waals surface area (Å²) in [5, 5.41) is 12.4. The van der Waals surface area contributed by atoms with Gasteiger partial charge in [0.1, 0.15) is 23.2 Å². The fourth-order valence-electron chi connectivity index (χ4n) is 5.05. The van der Waals surface area contributed by atoms with Gasteiger partial charge in [0.05, 0.1) is 34.7 Å². The highest BCUT2D eigenvalue weighted by molar-refractivity contribution is 7.90. The lowest BCUT2D eigenvalue weighted by Crippen LogP contribution is -2.45. The first-order chi connectivity index (χ1) is 17.8. The molecule has 1 fully saturated rings. The quantitative estimate of drug-likeness (QED) is 0.511. The molecule has 38 heavy (non-hydrogen) atoms. The highest BCUT2D eigenvalue weighted by Gasteiger charge is 2.39. The van der Waals surface area contributed by atoms with Crippen LogP contribution in [0.25, 0.3) is 0 Å². The molecule has 0 spiro atoms. The number of aliphatic imine (C=N–C) groups is 2. The SMILES string of the molecule is C[C@@H](NC(=O)c1ccc(C2=NC(C)(C3CCC(O)CC3)CN=C2N)cc1F)c1cc(F)cc(S(C)(=O)=O)c1. The molecule has 1 saturated carbocycles. The third-order valence-electron chi connectivity index (χ3n) is 7.41. The highest BCUT2D eigenvalue weighted by atomic mass is 32.2. The van der Waals surface area contributed by atoms with Crippen molar-refractivity contribution in [3.05, 3.63) is 64.7 Å². The first kappa shape index (κ1) is 27.8. The Balaban J connectivity index is 1.55. The lowest BCUT2D eigenvalue weighted by atomic mass is 9.74. The van der Waals surface area contributed by atoms with Gasteiger partial charge < -0.3 is 16.2 Å². The van der Waals surface area contributed by atoms with Crippen LogP contribution in [0.5, 0.6) is 0 Å². The lowest BCUT2D eigenvalue weighted by molar-refractivity contribution is 0.0880. The van der Waals surface area contributed by atoms with Crippen molar-refractivity contribution in [2.24, 2.45) is 21.6 Å². The third-order valence-corrected chi connectivity index (χ3v) is 8.50. The van der Waals surface area contributed by atoms with Crippen LogP contribution in [0.4, 0.5) is 8.78 Å². The molecule has 0 aromatic heterocycles. The molecule has 1 heterocycles. The molecule has 2 aromatic rings. The van der Waals surface area contributed by atoms with E-state index in [4.69, 9.17) is 10.7 Å². The Morgan fingerprint density at radius 3 is 2.47 bits per heavy atom. The number of carbonyl (C=O) groups is 1. The van der Waals surface area contributed by atoms with Crippen LogP contribution in [0.3, 0.4) is 0 Å². The van der Waals surface area contributed by atoms with Gasteiger partial charge in [0.2, 0.25) is 0 Å². The second-order valence-corrected chi connectivity index (χ2v) is 12.4. The van der Waals surface area contributed by atoms with Crippen LogP contribution in [-0.4, -0.2) is 55.4 Å². The molecule has 11 heteroatoms. The molecule has 0 bridgehead atoms. The number of nitrogens with one attached hydrogen (secondary N) is 1. The molecule has 1 aliphatic carbocycles. The van der Waals surface area contributed by atoms with Crippen LogP contribution in [0.2, 0.25) is 0 Å². The summed E-state index contributed by atoms with van der Waals surface area (Å²) in [6, 6.07) is 6.54. The van der Waals surface area contributed by atoms with Crippen LogP contribution >= 0.6 is 0 Å². The zero-order valence-electron chi connectivity index (χ0n) is 21.5. The van der Waals surface area contributed by atoms with Crippen molar-refractivity contribution < 1.29 is 27.1 Å². The molecule has 8 nitrogen and oxygen atoms in total. The van der Waals surface area contributed by atoms with E-state index in [1.165, 1.54) is 18.2 Å². The van der Waals surface area contributed by atoms with E-state index in [2.05, 4.69) is 10.3 Å². The topological polar surface area (TPSA) is 134 Å². The average Bonchev–Trinajstić information content (AvgIpc) is 2.85. The fourth-order valence-corrected chi connectivity index (χ4v) is 5.73. The van der Waals surface area contributed by atoms with Gasteiger partial charge in [-0.15, -0.1) is 0 Å². The first-order valence-electron chi connectivity index (χ1n) is 12.5. The predicted molar refractivity (Wildman–Crippen MR) is 141 cm³/mol. The van der Waals surface area contributed by atoms with Gasteiger partial charge in [-0.2, -0.15) is 0 Å². The number of carbonyl (C=O) groups excluding carboxylic acids is 1. The van der Waals surface area contributed by atoms with Crippen molar-refractivity contribution >= 4 is 27.3 Å². The molecular formula is C27H32F2N4O4S. The number of halogens is 2. The Labute approximate surface area is 221 Å². The minimum atomic E-state index is -3.66. The predicted octanol–water partition coefficient (Wildman–Crippen LogP) is 3.33. The van der Waals surface area contributed by atoms with Gasteiger partial charge in [0, 0.05) is 11.8 Å². The number of rotatable bonds is 6. The molecule has 0 saturated heterocycles. The summed E-state index contributed by atoms with van der Waals surface area (Å²) in [7, 11) is -3.66. The Hall–Kier alpha value is -3.18. The Bertz CT molecular complexity index is 1420. The maximum atomic E-state index is 15.1. The van der Waals surface area contributed by atoms with Crippen LogP contribution in [0.15, 0.2) is 51.3 Å². The molecule has 2 aromatic carbocycles. The van der Waals surface area contributed by atoms with Gasteiger partial charge in [-0.1, -0.05) is 6.07 Å². The van der Waals surface area contributed by atoms with Crippen LogP contribution in [0, 0.1) is 17.6 Å². The van der Waals surface area contributed by atoms with Crippen molar-refractivity contribution in [2.45, 2.75) is 62.1 Å². The molecule has 2 aliphatic rings. The molecule has 4 N–H and O–H groups in total. The molecule has 1 unspecified atom stereocenters. The standard InChI is InChI=1S/C27H32F2N4O4S/c1-15(17-10-19(28)13-21(11-17)38(3,36)37)32-26(35)22-9-4-16(12-23(22)29)24-25(30)31-14-27(2,33-24)18-5-7-20(34)8-6-18/h4,9-13,15,18,20,34H,5-8,14H2,1-3H3,(H2,30,31)(H,32,35)/t15-,18?,20?,27?/m1/s1. The van der Waals surface area contributed by atoms with Gasteiger partial charge in [0.15, 0.2) is 9.84 Å². The number of nitrogens with two attached hydrogens (primary N) is 1. The third kappa shape index (κ3) is 5.94. The van der Waals surface area contributed by atoms with Crippen molar-refractivity contribution in [2.75, 3.05) is 12.8 Å². The zero-order chi connectivity index (χ0) is 27.8. The van der Waals surface area contributed by atoms with Gasteiger partial charge in [0.25, 0.3) is 5.91 Å². The fraction of sp³-hybridized carbons (Fsp3) is 0.444. The summed E-state index contributed by atoms with van der Waals surface area (Å²) in [5.74, 6) is -1.91. The minimum absolute atomic E-state index is 0.191. The minimum Gasteiger partial charge on any atom is -0.393 e. The van der Waals surface area contributed by atoms with Gasteiger partial charge in [-0.3, -0.25) is 14.8 Å². The van der Waals surface area contributed by atoms with Gasteiger partial charge in [-0.25, -0.2) is 17.2 Å². The van der Waals surface area contributed by atoms with E-state index < -0.39 is 39.0 Å². The molecular weight excluding hydrogens is 514 g/mol. The number of aliphatic hydroxyl groups excluding tert-OH is 1. The van der Waals surface area contributed by atoms with Crippen molar-refractivity contribution in [1.29, 1.82) is 0 Å². The Kier molecular flexibility index (Phi) is 7.72. The van der Waals surface area contributed by atoms with Gasteiger partial charge in [-0.05, 0) is 81.3 Å². The van der Waals surface area contributed by atoms with Crippen LogP contribution in [-0.2, 0) is 9.84 Å². The van der Waals surface area contributed by atoms with Crippen molar-refractivity contribution in [1.82, 2.24) is 5.32 Å². The van der Waals surface area contributed by atoms with E-state index in [9.17, 15) is 22.7 Å². The van der Waals surface area contributed by atoms with E-state index in [0.29, 0.717) is 30.7 Å². The highest BCUT2D eigenvalue weighted by Crippen LogP contribution is 2.37. The number of aliphatic hydroxyl groups is 1. The number of benzene rings is 2. The summed E-state index contributed by atoms with van der Waals surface area (Å²) < 4.78 is 52.8. The second kappa shape index (κ2) is 10.5. The van der Waals surface area contributed by atoms with E-state index in [-0.39, 0.29) is 33.9 Å². The number of amidine groups is 1. The number of nitrogens with zero attached hydrogens (tertiary/aromatic N) is 2. The molecule has 4 rings (SSSR count). The summed E-state index contributed by atoms with van der Waals surface area (Å²) in [4.78, 5) is 22.0. The summed E-state index contributed by atoms with van der Waals surface area (Å²) in [6.45, 7) is 3.95. The summed E-state index contributed by atoms with van der Waals surface area (Å²) in [6.07, 6.45) is 3.69. The van der Waals surface area contributed by atoms with E-state index in [0.717, 1.165) is 31.2 Å². The van der Waals surface area contributed by atoms with Crippen LogP contribution < -0.4 is 11.1 Å². The number of hydrogen-bond acceptors (Lipinski definition) is 7. The van der Waals surface area contributed by atoms with E-state index >= 15 is 4.39 Å². The molecule has 2 atom stereocenters. The van der Waals surface area contributed by atoms with Crippen LogP contribution in [0.1, 0.15) is 67.1 Å². The second-order valence-electron chi connectivity index (χ2n) is 10.4. The number of hydrogen-bond donors (Lipinski definition) is 3. The Morgan fingerprint density at radius 2 is 1.84 bits per heavy atom. The smallest absolute Gasteiger partial charge is 0.254 e. The maximum Gasteiger partial charge on any atom is 0.254 e. The number of sulfone groups is 1. The maximum absolute atomic E-state index is 15.1. The zero-order valence-corrected chi connectivity index (χ0v) is 22.4. The molecule has 1 aliphatic heterocycles.